The first kappa shape index (κ1) is 15.3. The van der Waals surface area contributed by atoms with Crippen molar-refractivity contribution in [3.8, 4) is 0 Å². The molecule has 0 spiro atoms. The molecule has 0 fully saturated rings. The molecule has 0 bridgehead atoms. The summed E-state index contributed by atoms with van der Waals surface area (Å²) in [6.45, 7) is 0. The lowest BCUT2D eigenvalue weighted by Gasteiger charge is -2.19. The van der Waals surface area contributed by atoms with Gasteiger partial charge in [0.15, 0.2) is 0 Å². The maximum Gasteiger partial charge on any atom is 0.261 e. The second-order valence-corrected chi connectivity index (χ2v) is 7.03. The molecular formula is C20H16N2O4. The Labute approximate surface area is 149 Å². The normalized spacial score (nSPS) is 22.3. The number of carbonyl (C=O) groups is 4. The number of carbonyl (C=O) groups excluding carboxylic acids is 4. The van der Waals surface area contributed by atoms with E-state index in [0.717, 1.165) is 12.8 Å². The topological polar surface area (TPSA) is 74.8 Å². The van der Waals surface area contributed by atoms with E-state index in [-0.39, 0.29) is 23.6 Å². The average molecular weight is 348 g/mol. The summed E-state index contributed by atoms with van der Waals surface area (Å²) in [5, 5.41) is 0. The molecule has 2 aliphatic carbocycles. The van der Waals surface area contributed by atoms with Gasteiger partial charge in [0, 0.05) is 22.3 Å². The Hall–Kier alpha value is -3.02. The van der Waals surface area contributed by atoms with Gasteiger partial charge in [-0.25, -0.2) is 9.80 Å². The van der Waals surface area contributed by atoms with Crippen LogP contribution >= 0.6 is 0 Å². The molecule has 0 N–H and O–H groups in total. The third-order valence-electron chi connectivity index (χ3n) is 5.65. The van der Waals surface area contributed by atoms with Gasteiger partial charge in [0.2, 0.25) is 0 Å². The number of hydrogen-bond acceptors (Lipinski definition) is 4. The summed E-state index contributed by atoms with van der Waals surface area (Å²) >= 11 is 0. The zero-order valence-corrected chi connectivity index (χ0v) is 14.1. The van der Waals surface area contributed by atoms with E-state index in [9.17, 15) is 19.2 Å². The second-order valence-electron chi connectivity index (χ2n) is 7.03. The molecule has 4 aliphatic rings. The van der Waals surface area contributed by atoms with Crippen LogP contribution < -0.4 is 9.80 Å². The SMILES string of the molecule is O=C1C2=C(CCC2)C(=O)N1c1ccc(N2C(=O)C3=C(CCC3)C2=O)cc1. The van der Waals surface area contributed by atoms with Crippen molar-refractivity contribution in [2.24, 2.45) is 0 Å². The minimum Gasteiger partial charge on any atom is -0.269 e. The van der Waals surface area contributed by atoms with Crippen molar-refractivity contribution >= 4 is 35.0 Å². The van der Waals surface area contributed by atoms with E-state index < -0.39 is 0 Å². The van der Waals surface area contributed by atoms with Crippen LogP contribution in [0.3, 0.4) is 0 Å². The minimum atomic E-state index is -0.246. The van der Waals surface area contributed by atoms with E-state index >= 15 is 0 Å². The quantitative estimate of drug-likeness (QED) is 0.769. The number of rotatable bonds is 2. The fraction of sp³-hybridized carbons (Fsp3) is 0.300. The van der Waals surface area contributed by atoms with Gasteiger partial charge in [0.25, 0.3) is 23.6 Å². The summed E-state index contributed by atoms with van der Waals surface area (Å²) in [6.07, 6.45) is 4.33. The second kappa shape index (κ2) is 5.24. The highest BCUT2D eigenvalue weighted by Crippen LogP contribution is 2.39. The molecule has 0 atom stereocenters. The van der Waals surface area contributed by atoms with E-state index in [1.54, 1.807) is 24.3 Å². The molecule has 4 amide bonds. The number of nitrogens with zero attached hydrogens (tertiary/aromatic N) is 2. The summed E-state index contributed by atoms with van der Waals surface area (Å²) in [6, 6.07) is 6.49. The molecule has 0 aromatic heterocycles. The number of benzene rings is 1. The van der Waals surface area contributed by atoms with Gasteiger partial charge >= 0.3 is 0 Å². The molecular weight excluding hydrogens is 332 g/mol. The Balaban J connectivity index is 1.43. The fourth-order valence-electron chi connectivity index (χ4n) is 4.38. The molecule has 0 radical (unpaired) electrons. The molecule has 0 unspecified atom stereocenters. The standard InChI is InChI=1S/C20H16N2O4/c23-17-13-3-1-4-14(13)18(24)21(17)11-7-9-12(10-8-11)22-19(25)15-5-2-6-16(15)20(22)26/h7-10H,1-6H2. The van der Waals surface area contributed by atoms with Crippen molar-refractivity contribution in [2.45, 2.75) is 38.5 Å². The van der Waals surface area contributed by atoms with Crippen molar-refractivity contribution in [2.75, 3.05) is 9.80 Å². The minimum absolute atomic E-state index is 0.246. The maximum absolute atomic E-state index is 12.5. The smallest absolute Gasteiger partial charge is 0.261 e. The predicted octanol–water partition coefficient (Wildman–Crippen LogP) is 2.39. The van der Waals surface area contributed by atoms with Gasteiger partial charge in [0.05, 0.1) is 11.4 Å². The maximum atomic E-state index is 12.5. The van der Waals surface area contributed by atoms with E-state index in [1.807, 2.05) is 0 Å². The van der Waals surface area contributed by atoms with E-state index in [1.165, 1.54) is 9.80 Å². The van der Waals surface area contributed by atoms with Gasteiger partial charge in [-0.1, -0.05) is 0 Å². The summed E-state index contributed by atoms with van der Waals surface area (Å²) < 4.78 is 0. The molecule has 0 saturated carbocycles. The van der Waals surface area contributed by atoms with Gasteiger partial charge in [0.1, 0.15) is 0 Å². The Morgan fingerprint density at radius 1 is 0.500 bits per heavy atom. The molecule has 1 aromatic rings. The Morgan fingerprint density at radius 3 is 1.04 bits per heavy atom. The third-order valence-corrected chi connectivity index (χ3v) is 5.65. The highest BCUT2D eigenvalue weighted by Gasteiger charge is 2.42. The van der Waals surface area contributed by atoms with Crippen LogP contribution in [0.5, 0.6) is 0 Å². The van der Waals surface area contributed by atoms with Crippen LogP contribution in [-0.2, 0) is 19.2 Å². The number of hydrogen-bond donors (Lipinski definition) is 0. The number of amides is 4. The molecule has 130 valence electrons. The Bertz CT molecular complexity index is 837. The lowest BCUT2D eigenvalue weighted by Crippen LogP contribution is -2.33. The van der Waals surface area contributed by atoms with Crippen LogP contribution in [0, 0.1) is 0 Å². The van der Waals surface area contributed by atoms with Crippen LogP contribution in [0.25, 0.3) is 0 Å². The van der Waals surface area contributed by atoms with Gasteiger partial charge in [-0.05, 0) is 62.8 Å². The highest BCUT2D eigenvalue weighted by molar-refractivity contribution is 6.34. The summed E-state index contributed by atoms with van der Waals surface area (Å²) in [5.41, 5.74) is 3.46. The van der Waals surface area contributed by atoms with Crippen LogP contribution in [0.2, 0.25) is 0 Å². The van der Waals surface area contributed by atoms with Crippen molar-refractivity contribution in [3.05, 3.63) is 46.6 Å². The molecule has 6 nitrogen and oxygen atoms in total. The van der Waals surface area contributed by atoms with E-state index in [2.05, 4.69) is 0 Å². The average Bonchev–Trinajstić information content (AvgIpc) is 3.38. The molecule has 6 heteroatoms. The van der Waals surface area contributed by atoms with Crippen molar-refractivity contribution in [3.63, 3.8) is 0 Å². The summed E-state index contributed by atoms with van der Waals surface area (Å²) in [7, 11) is 0. The molecule has 26 heavy (non-hydrogen) atoms. The Morgan fingerprint density at radius 2 is 0.769 bits per heavy atom. The monoisotopic (exact) mass is 348 g/mol. The van der Waals surface area contributed by atoms with Crippen LogP contribution in [0.15, 0.2) is 46.6 Å². The van der Waals surface area contributed by atoms with Crippen molar-refractivity contribution < 1.29 is 19.2 Å². The third kappa shape index (κ3) is 1.87. The fourth-order valence-corrected chi connectivity index (χ4v) is 4.38. The molecule has 0 saturated heterocycles. The summed E-state index contributed by atoms with van der Waals surface area (Å²) in [4.78, 5) is 52.4. The molecule has 5 rings (SSSR count). The molecule has 1 aromatic carbocycles. The van der Waals surface area contributed by atoms with Crippen molar-refractivity contribution in [1.82, 2.24) is 0 Å². The highest BCUT2D eigenvalue weighted by atomic mass is 16.2. The van der Waals surface area contributed by atoms with Crippen molar-refractivity contribution in [1.29, 1.82) is 0 Å². The lowest BCUT2D eigenvalue weighted by atomic mass is 10.2. The van der Waals surface area contributed by atoms with Crippen LogP contribution in [0.4, 0.5) is 11.4 Å². The number of imide groups is 2. The zero-order chi connectivity index (χ0) is 18.0. The Kier molecular flexibility index (Phi) is 3.07. The van der Waals surface area contributed by atoms with E-state index in [4.69, 9.17) is 0 Å². The van der Waals surface area contributed by atoms with Gasteiger partial charge in [-0.2, -0.15) is 0 Å². The van der Waals surface area contributed by atoms with Gasteiger partial charge in [-0.15, -0.1) is 0 Å². The van der Waals surface area contributed by atoms with Gasteiger partial charge in [-0.3, -0.25) is 19.2 Å². The number of anilines is 2. The van der Waals surface area contributed by atoms with Gasteiger partial charge < -0.3 is 0 Å². The molecule has 2 heterocycles. The first-order valence-electron chi connectivity index (χ1n) is 8.89. The molecule has 2 aliphatic heterocycles. The van der Waals surface area contributed by atoms with E-state index in [0.29, 0.717) is 59.4 Å². The first-order chi connectivity index (χ1) is 12.6. The largest absolute Gasteiger partial charge is 0.269 e. The van der Waals surface area contributed by atoms with Crippen LogP contribution in [-0.4, -0.2) is 23.6 Å². The first-order valence-corrected chi connectivity index (χ1v) is 8.89. The predicted molar refractivity (Wildman–Crippen MR) is 93.2 cm³/mol. The lowest BCUT2D eigenvalue weighted by molar-refractivity contribution is -0.122. The summed E-state index contributed by atoms with van der Waals surface area (Å²) in [5.74, 6) is -0.984. The van der Waals surface area contributed by atoms with Crippen LogP contribution in [0.1, 0.15) is 38.5 Å². The zero-order valence-electron chi connectivity index (χ0n) is 14.1.